The van der Waals surface area contributed by atoms with Crippen molar-refractivity contribution >= 4 is 17.3 Å². The number of benzene rings is 1. The molecule has 132 valence electrons. The summed E-state index contributed by atoms with van der Waals surface area (Å²) in [5, 5.41) is 16.7. The second-order valence-electron chi connectivity index (χ2n) is 6.28. The second kappa shape index (κ2) is 9.87. The third-order valence-corrected chi connectivity index (χ3v) is 4.33. The first kappa shape index (κ1) is 18.2. The van der Waals surface area contributed by atoms with E-state index in [4.69, 9.17) is 0 Å². The van der Waals surface area contributed by atoms with Crippen LogP contribution in [0.1, 0.15) is 32.1 Å². The molecule has 0 saturated carbocycles. The van der Waals surface area contributed by atoms with Crippen LogP contribution in [0.4, 0.5) is 11.4 Å². The molecule has 2 rings (SSSR count). The number of nitrogens with one attached hydrogen (secondary N) is 3. The van der Waals surface area contributed by atoms with Gasteiger partial charge in [-0.1, -0.05) is 6.42 Å². The predicted molar refractivity (Wildman–Crippen MR) is 93.2 cm³/mol. The molecule has 1 aromatic rings. The van der Waals surface area contributed by atoms with Crippen molar-refractivity contribution in [3.8, 4) is 0 Å². The van der Waals surface area contributed by atoms with E-state index in [0.29, 0.717) is 19.6 Å². The van der Waals surface area contributed by atoms with Crippen LogP contribution in [-0.2, 0) is 4.79 Å². The molecule has 1 saturated heterocycles. The van der Waals surface area contributed by atoms with E-state index < -0.39 is 4.92 Å². The summed E-state index contributed by atoms with van der Waals surface area (Å²) in [7, 11) is 0. The van der Waals surface area contributed by atoms with Gasteiger partial charge in [0, 0.05) is 30.9 Å². The Morgan fingerprint density at radius 3 is 2.29 bits per heavy atom. The van der Waals surface area contributed by atoms with Gasteiger partial charge in [-0.15, -0.1) is 0 Å². The Kier molecular flexibility index (Phi) is 7.48. The fourth-order valence-electron chi connectivity index (χ4n) is 2.98. The van der Waals surface area contributed by atoms with Crippen LogP contribution in [0.25, 0.3) is 0 Å². The first-order chi connectivity index (χ1) is 11.6. The highest BCUT2D eigenvalue weighted by Crippen LogP contribution is 2.14. The predicted octanol–water partition coefficient (Wildman–Crippen LogP) is 0.972. The number of hydrogen-bond acceptors (Lipinski definition) is 4. The number of carbonyl (C=O) groups is 1. The van der Waals surface area contributed by atoms with Gasteiger partial charge >= 0.3 is 0 Å². The Bertz CT molecular complexity index is 525. The number of hydrogen-bond donors (Lipinski definition) is 3. The standard InChI is InChI=1S/C17H26N4O3/c22-17(14-20-12-4-2-1-3-5-13-20)19-11-10-18-15-6-8-16(9-7-15)21(23)24/h6-9,18H,1-5,10-14H2,(H,19,22)/p+1. The van der Waals surface area contributed by atoms with Gasteiger partial charge in [0.2, 0.25) is 0 Å². The summed E-state index contributed by atoms with van der Waals surface area (Å²) in [6.45, 7) is 3.88. The molecule has 7 heteroatoms. The van der Waals surface area contributed by atoms with Crippen LogP contribution in [-0.4, -0.2) is 43.6 Å². The monoisotopic (exact) mass is 335 g/mol. The van der Waals surface area contributed by atoms with Gasteiger partial charge in [0.25, 0.3) is 11.6 Å². The van der Waals surface area contributed by atoms with Crippen LogP contribution in [0, 0.1) is 10.1 Å². The molecule has 7 nitrogen and oxygen atoms in total. The number of carbonyl (C=O) groups excluding carboxylic acids is 1. The lowest BCUT2D eigenvalue weighted by Gasteiger charge is -2.21. The Morgan fingerprint density at radius 1 is 1.04 bits per heavy atom. The topological polar surface area (TPSA) is 88.7 Å². The van der Waals surface area contributed by atoms with E-state index in [2.05, 4.69) is 10.6 Å². The van der Waals surface area contributed by atoms with Gasteiger partial charge in [-0.05, 0) is 37.8 Å². The highest BCUT2D eigenvalue weighted by atomic mass is 16.6. The third kappa shape index (κ3) is 6.54. The van der Waals surface area contributed by atoms with E-state index in [9.17, 15) is 14.9 Å². The van der Waals surface area contributed by atoms with Crippen molar-refractivity contribution in [3.05, 3.63) is 34.4 Å². The number of quaternary nitrogens is 1. The average Bonchev–Trinajstić information content (AvgIpc) is 2.54. The lowest BCUT2D eigenvalue weighted by atomic mass is 10.1. The molecule has 0 aliphatic carbocycles. The molecule has 0 bridgehead atoms. The number of rotatable bonds is 7. The Balaban J connectivity index is 1.62. The van der Waals surface area contributed by atoms with Gasteiger partial charge in [0.05, 0.1) is 18.0 Å². The number of amides is 1. The van der Waals surface area contributed by atoms with Gasteiger partial charge in [-0.3, -0.25) is 14.9 Å². The highest BCUT2D eigenvalue weighted by molar-refractivity contribution is 5.76. The maximum atomic E-state index is 12.0. The first-order valence-electron chi connectivity index (χ1n) is 8.74. The van der Waals surface area contributed by atoms with E-state index in [1.807, 2.05) is 0 Å². The minimum atomic E-state index is -0.420. The number of nitro groups is 1. The third-order valence-electron chi connectivity index (χ3n) is 4.33. The zero-order chi connectivity index (χ0) is 17.2. The summed E-state index contributed by atoms with van der Waals surface area (Å²) in [4.78, 5) is 23.6. The van der Waals surface area contributed by atoms with Crippen LogP contribution in [0.2, 0.25) is 0 Å². The number of anilines is 1. The minimum absolute atomic E-state index is 0.0741. The molecule has 1 aliphatic rings. The molecule has 3 N–H and O–H groups in total. The average molecular weight is 335 g/mol. The Labute approximate surface area is 142 Å². The summed E-state index contributed by atoms with van der Waals surface area (Å²) in [5.41, 5.74) is 0.884. The van der Waals surface area contributed by atoms with Crippen LogP contribution >= 0.6 is 0 Å². The molecule has 0 radical (unpaired) electrons. The van der Waals surface area contributed by atoms with Crippen LogP contribution < -0.4 is 15.5 Å². The number of likely N-dealkylation sites (tertiary alicyclic amines) is 1. The molecule has 1 heterocycles. The van der Waals surface area contributed by atoms with Gasteiger partial charge in [-0.2, -0.15) is 0 Å². The molecule has 0 aromatic heterocycles. The van der Waals surface area contributed by atoms with Crippen molar-refractivity contribution in [2.24, 2.45) is 0 Å². The number of nitro benzene ring substituents is 1. The molecular formula is C17H27N4O3+. The summed E-state index contributed by atoms with van der Waals surface area (Å²) < 4.78 is 0. The molecule has 1 aliphatic heterocycles. The smallest absolute Gasteiger partial charge is 0.275 e. The first-order valence-corrected chi connectivity index (χ1v) is 8.74. The van der Waals surface area contributed by atoms with E-state index in [0.717, 1.165) is 18.8 Å². The normalized spacial score (nSPS) is 16.0. The zero-order valence-corrected chi connectivity index (χ0v) is 14.1. The maximum absolute atomic E-state index is 12.0. The highest BCUT2D eigenvalue weighted by Gasteiger charge is 2.15. The lowest BCUT2D eigenvalue weighted by molar-refractivity contribution is -0.893. The van der Waals surface area contributed by atoms with Gasteiger partial charge in [0.15, 0.2) is 6.54 Å². The van der Waals surface area contributed by atoms with Gasteiger partial charge in [0.1, 0.15) is 0 Å². The largest absolute Gasteiger partial charge is 0.383 e. The molecule has 1 fully saturated rings. The summed E-state index contributed by atoms with van der Waals surface area (Å²) >= 11 is 0. The van der Waals surface area contributed by atoms with E-state index in [1.165, 1.54) is 49.1 Å². The van der Waals surface area contributed by atoms with Gasteiger partial charge in [-0.25, -0.2) is 0 Å². The van der Waals surface area contributed by atoms with Crippen molar-refractivity contribution in [1.29, 1.82) is 0 Å². The quantitative estimate of drug-likeness (QED) is 0.394. The SMILES string of the molecule is O=C(C[NH+]1CCCCCCC1)NCCNc1ccc([N+](=O)[O-])cc1. The molecular weight excluding hydrogens is 308 g/mol. The Hall–Kier alpha value is -2.15. The maximum Gasteiger partial charge on any atom is 0.275 e. The molecule has 0 atom stereocenters. The Morgan fingerprint density at radius 2 is 1.67 bits per heavy atom. The second-order valence-corrected chi connectivity index (χ2v) is 6.28. The van der Waals surface area contributed by atoms with E-state index >= 15 is 0 Å². The van der Waals surface area contributed by atoms with Crippen molar-refractivity contribution in [2.75, 3.05) is 38.0 Å². The van der Waals surface area contributed by atoms with Crippen LogP contribution in [0.15, 0.2) is 24.3 Å². The summed E-state index contributed by atoms with van der Waals surface area (Å²) in [6, 6.07) is 6.27. The van der Waals surface area contributed by atoms with Crippen molar-refractivity contribution in [3.63, 3.8) is 0 Å². The van der Waals surface area contributed by atoms with Crippen LogP contribution in [0.3, 0.4) is 0 Å². The minimum Gasteiger partial charge on any atom is -0.383 e. The molecule has 0 unspecified atom stereocenters. The fourth-order valence-corrected chi connectivity index (χ4v) is 2.98. The zero-order valence-electron chi connectivity index (χ0n) is 14.1. The van der Waals surface area contributed by atoms with E-state index in [-0.39, 0.29) is 11.6 Å². The van der Waals surface area contributed by atoms with Crippen molar-refractivity contribution < 1.29 is 14.6 Å². The van der Waals surface area contributed by atoms with Crippen LogP contribution in [0.5, 0.6) is 0 Å². The molecule has 24 heavy (non-hydrogen) atoms. The molecule has 0 spiro atoms. The van der Waals surface area contributed by atoms with Crippen molar-refractivity contribution in [1.82, 2.24) is 5.32 Å². The summed E-state index contributed by atoms with van der Waals surface area (Å²) in [5.74, 6) is 0.0936. The van der Waals surface area contributed by atoms with Gasteiger partial charge < -0.3 is 15.5 Å². The van der Waals surface area contributed by atoms with Crippen molar-refractivity contribution in [2.45, 2.75) is 32.1 Å². The van der Waals surface area contributed by atoms with E-state index in [1.54, 1.807) is 12.1 Å². The fraction of sp³-hybridized carbons (Fsp3) is 0.588. The number of nitrogens with zero attached hydrogens (tertiary/aromatic N) is 1. The molecule has 1 amide bonds. The lowest BCUT2D eigenvalue weighted by Crippen LogP contribution is -3.13. The molecule has 1 aromatic carbocycles. The number of non-ortho nitro benzene ring substituents is 1. The summed E-state index contributed by atoms with van der Waals surface area (Å²) in [6.07, 6.45) is 6.32.